The summed E-state index contributed by atoms with van der Waals surface area (Å²) >= 11 is 0. The Kier molecular flexibility index (Phi) is 3.88. The van der Waals surface area contributed by atoms with Gasteiger partial charge in [0.2, 0.25) is 0 Å². The van der Waals surface area contributed by atoms with Crippen LogP contribution in [-0.4, -0.2) is 23.1 Å². The first kappa shape index (κ1) is 11.5. The molecule has 0 aliphatic heterocycles. The molecular weight excluding hydrogens is 198 g/mol. The van der Waals surface area contributed by atoms with Crippen LogP contribution in [0.25, 0.3) is 0 Å². The number of fused-ring (bicyclic) bond motifs is 1. The van der Waals surface area contributed by atoms with E-state index in [9.17, 15) is 0 Å². The van der Waals surface area contributed by atoms with Crippen molar-refractivity contribution in [2.45, 2.75) is 33.1 Å². The highest BCUT2D eigenvalue weighted by molar-refractivity contribution is 5.19. The Morgan fingerprint density at radius 1 is 1.50 bits per heavy atom. The molecule has 1 heterocycles. The van der Waals surface area contributed by atoms with E-state index >= 15 is 0 Å². The van der Waals surface area contributed by atoms with E-state index in [-0.39, 0.29) is 0 Å². The van der Waals surface area contributed by atoms with E-state index < -0.39 is 0 Å². The van der Waals surface area contributed by atoms with E-state index in [0.717, 1.165) is 37.8 Å². The molecule has 0 aromatic carbocycles. The number of aryl methyl sites for hydroxylation is 1. The van der Waals surface area contributed by atoms with Crippen molar-refractivity contribution < 1.29 is 0 Å². The molecule has 0 fully saturated rings. The molecule has 1 aliphatic rings. The number of nitrogens with one attached hydrogen (secondary N) is 1. The van der Waals surface area contributed by atoms with Crippen molar-refractivity contribution in [1.29, 1.82) is 0 Å². The summed E-state index contributed by atoms with van der Waals surface area (Å²) < 4.78 is 0. The molecule has 1 atom stereocenters. The highest BCUT2D eigenvalue weighted by Gasteiger charge is 2.19. The third-order valence-corrected chi connectivity index (χ3v) is 3.16. The lowest BCUT2D eigenvalue weighted by Gasteiger charge is -2.23. The fourth-order valence-corrected chi connectivity index (χ4v) is 2.28. The van der Waals surface area contributed by atoms with Crippen LogP contribution in [0.5, 0.6) is 0 Å². The summed E-state index contributed by atoms with van der Waals surface area (Å²) in [6.07, 6.45) is 7.16. The van der Waals surface area contributed by atoms with Gasteiger partial charge in [0.15, 0.2) is 0 Å². The van der Waals surface area contributed by atoms with E-state index in [1.807, 2.05) is 6.20 Å². The van der Waals surface area contributed by atoms with Crippen LogP contribution in [0, 0.1) is 11.8 Å². The summed E-state index contributed by atoms with van der Waals surface area (Å²) in [4.78, 5) is 8.44. The van der Waals surface area contributed by atoms with E-state index in [4.69, 9.17) is 0 Å². The largest absolute Gasteiger partial charge is 0.316 e. The van der Waals surface area contributed by atoms with Gasteiger partial charge in [-0.1, -0.05) is 13.8 Å². The lowest BCUT2D eigenvalue weighted by molar-refractivity contribution is 0.405. The van der Waals surface area contributed by atoms with Gasteiger partial charge >= 0.3 is 0 Å². The first-order valence-corrected chi connectivity index (χ1v) is 6.24. The number of rotatable bonds is 4. The average molecular weight is 219 g/mol. The first-order chi connectivity index (χ1) is 7.75. The fourth-order valence-electron chi connectivity index (χ4n) is 2.28. The third kappa shape index (κ3) is 3.01. The monoisotopic (exact) mass is 219 g/mol. The van der Waals surface area contributed by atoms with Crippen LogP contribution in [0.4, 0.5) is 0 Å². The molecule has 0 spiro atoms. The molecule has 16 heavy (non-hydrogen) atoms. The molecule has 0 radical (unpaired) electrons. The SMILES string of the molecule is CC(C)CNCC1CCc2ncncc2C1. The predicted octanol–water partition coefficient (Wildman–Crippen LogP) is 1.83. The molecule has 1 aliphatic carbocycles. The fraction of sp³-hybridized carbons (Fsp3) is 0.692. The molecule has 0 saturated heterocycles. The van der Waals surface area contributed by atoms with E-state index in [2.05, 4.69) is 29.1 Å². The standard InChI is InChI=1S/C13H21N3/c1-10(2)6-14-7-11-3-4-13-12(5-11)8-15-9-16-13/h8-11,14H,3-7H2,1-2H3. The van der Waals surface area contributed by atoms with Gasteiger partial charge in [0.05, 0.1) is 0 Å². The van der Waals surface area contributed by atoms with Gasteiger partial charge in [0.1, 0.15) is 6.33 Å². The molecule has 88 valence electrons. The maximum Gasteiger partial charge on any atom is 0.115 e. The summed E-state index contributed by atoms with van der Waals surface area (Å²) in [6.45, 7) is 6.75. The Morgan fingerprint density at radius 2 is 2.38 bits per heavy atom. The molecule has 3 heteroatoms. The van der Waals surface area contributed by atoms with E-state index in [1.54, 1.807) is 6.33 Å². The van der Waals surface area contributed by atoms with Crippen LogP contribution >= 0.6 is 0 Å². The normalized spacial score (nSPS) is 19.8. The van der Waals surface area contributed by atoms with Crippen molar-refractivity contribution in [3.8, 4) is 0 Å². The number of nitrogens with zero attached hydrogens (tertiary/aromatic N) is 2. The van der Waals surface area contributed by atoms with Gasteiger partial charge in [0.25, 0.3) is 0 Å². The highest BCUT2D eigenvalue weighted by Crippen LogP contribution is 2.22. The second-order valence-electron chi connectivity index (χ2n) is 5.16. The van der Waals surface area contributed by atoms with Gasteiger partial charge in [-0.25, -0.2) is 9.97 Å². The number of hydrogen-bond acceptors (Lipinski definition) is 3. The van der Waals surface area contributed by atoms with Crippen molar-refractivity contribution in [1.82, 2.24) is 15.3 Å². The molecule has 1 unspecified atom stereocenters. The smallest absolute Gasteiger partial charge is 0.115 e. The average Bonchev–Trinajstić information content (AvgIpc) is 2.28. The molecule has 0 amide bonds. The van der Waals surface area contributed by atoms with Crippen LogP contribution < -0.4 is 5.32 Å². The summed E-state index contributed by atoms with van der Waals surface area (Å²) in [7, 11) is 0. The lowest BCUT2D eigenvalue weighted by atomic mass is 9.87. The molecule has 0 bridgehead atoms. The van der Waals surface area contributed by atoms with Gasteiger partial charge in [-0.3, -0.25) is 0 Å². The molecule has 1 N–H and O–H groups in total. The Labute approximate surface area is 97.7 Å². The Bertz CT molecular complexity index is 336. The zero-order chi connectivity index (χ0) is 11.4. The van der Waals surface area contributed by atoms with Gasteiger partial charge in [0, 0.05) is 11.9 Å². The minimum Gasteiger partial charge on any atom is -0.316 e. The quantitative estimate of drug-likeness (QED) is 0.839. The van der Waals surface area contributed by atoms with Crippen LogP contribution in [0.2, 0.25) is 0 Å². The second-order valence-corrected chi connectivity index (χ2v) is 5.16. The van der Waals surface area contributed by atoms with Crippen LogP contribution in [0.15, 0.2) is 12.5 Å². The summed E-state index contributed by atoms with van der Waals surface area (Å²) in [5, 5.41) is 3.54. The van der Waals surface area contributed by atoms with Crippen LogP contribution in [-0.2, 0) is 12.8 Å². The van der Waals surface area contributed by atoms with Crippen molar-refractivity contribution in [3.63, 3.8) is 0 Å². The number of hydrogen-bond donors (Lipinski definition) is 1. The van der Waals surface area contributed by atoms with Crippen molar-refractivity contribution in [2.24, 2.45) is 11.8 Å². The van der Waals surface area contributed by atoms with Crippen molar-refractivity contribution in [2.75, 3.05) is 13.1 Å². The molecule has 2 rings (SSSR count). The highest BCUT2D eigenvalue weighted by atomic mass is 14.9. The molecule has 1 aromatic rings. The Morgan fingerprint density at radius 3 is 3.19 bits per heavy atom. The van der Waals surface area contributed by atoms with Crippen LogP contribution in [0.1, 0.15) is 31.5 Å². The Balaban J connectivity index is 1.83. The minimum atomic E-state index is 0.735. The van der Waals surface area contributed by atoms with Crippen LogP contribution in [0.3, 0.4) is 0 Å². The van der Waals surface area contributed by atoms with E-state index in [1.165, 1.54) is 17.7 Å². The van der Waals surface area contributed by atoms with Crippen molar-refractivity contribution >= 4 is 0 Å². The maximum absolute atomic E-state index is 4.33. The van der Waals surface area contributed by atoms with Gasteiger partial charge in [-0.2, -0.15) is 0 Å². The lowest BCUT2D eigenvalue weighted by Crippen LogP contribution is -2.30. The van der Waals surface area contributed by atoms with E-state index in [0.29, 0.717) is 0 Å². The number of aromatic nitrogens is 2. The summed E-state index contributed by atoms with van der Waals surface area (Å²) in [6, 6.07) is 0. The molecule has 1 aromatic heterocycles. The zero-order valence-electron chi connectivity index (χ0n) is 10.2. The summed E-state index contributed by atoms with van der Waals surface area (Å²) in [5.41, 5.74) is 2.61. The summed E-state index contributed by atoms with van der Waals surface area (Å²) in [5.74, 6) is 1.50. The topological polar surface area (TPSA) is 37.8 Å². The third-order valence-electron chi connectivity index (χ3n) is 3.16. The minimum absolute atomic E-state index is 0.735. The second kappa shape index (κ2) is 5.39. The predicted molar refractivity (Wildman–Crippen MR) is 65.3 cm³/mol. The van der Waals surface area contributed by atoms with Crippen molar-refractivity contribution in [3.05, 3.63) is 23.8 Å². The molecule has 0 saturated carbocycles. The molecular formula is C13H21N3. The maximum atomic E-state index is 4.33. The zero-order valence-corrected chi connectivity index (χ0v) is 10.2. The van der Waals surface area contributed by atoms with Gasteiger partial charge < -0.3 is 5.32 Å². The van der Waals surface area contributed by atoms with Gasteiger partial charge in [-0.05, 0) is 49.8 Å². The molecule has 3 nitrogen and oxygen atoms in total. The van der Waals surface area contributed by atoms with Gasteiger partial charge in [-0.15, -0.1) is 0 Å². The Hall–Kier alpha value is -0.960. The first-order valence-electron chi connectivity index (χ1n) is 6.24.